The van der Waals surface area contributed by atoms with Crippen LogP contribution in [0.1, 0.15) is 44.9 Å². The van der Waals surface area contributed by atoms with Crippen LogP contribution in [0.15, 0.2) is 54.6 Å². The molecule has 0 spiro atoms. The zero-order chi connectivity index (χ0) is 23.0. The molecule has 2 aromatic rings. The summed E-state index contributed by atoms with van der Waals surface area (Å²) in [6.45, 7) is 7.53. The van der Waals surface area contributed by atoms with Crippen LogP contribution in [-0.4, -0.2) is 28.7 Å². The predicted molar refractivity (Wildman–Crippen MR) is 125 cm³/mol. The Labute approximate surface area is 188 Å². The summed E-state index contributed by atoms with van der Waals surface area (Å²) in [5.74, 6) is -0.273. The summed E-state index contributed by atoms with van der Waals surface area (Å²) >= 11 is 5.47. The molecular formula is C23H29N3O4S. The molecule has 0 fully saturated rings. The molecule has 31 heavy (non-hydrogen) atoms. The molecule has 0 amide bonds. The second-order valence-electron chi connectivity index (χ2n) is 8.42. The largest absolute Gasteiger partial charge is 0.463 e. The molecule has 2 aromatic carbocycles. The van der Waals surface area contributed by atoms with E-state index in [1.165, 1.54) is 12.1 Å². The minimum absolute atomic E-state index is 0.0419. The first-order valence-corrected chi connectivity index (χ1v) is 10.5. The van der Waals surface area contributed by atoms with E-state index in [2.05, 4.69) is 10.6 Å². The highest BCUT2D eigenvalue weighted by Crippen LogP contribution is 2.18. The minimum Gasteiger partial charge on any atom is -0.463 e. The van der Waals surface area contributed by atoms with Gasteiger partial charge in [-0.25, -0.2) is 0 Å². The van der Waals surface area contributed by atoms with Gasteiger partial charge in [0.15, 0.2) is 5.11 Å². The number of nitro benzene ring substituents is 1. The summed E-state index contributed by atoms with van der Waals surface area (Å²) in [5, 5.41) is 17.7. The van der Waals surface area contributed by atoms with Crippen molar-refractivity contribution in [1.29, 1.82) is 0 Å². The maximum absolute atomic E-state index is 12.2. The van der Waals surface area contributed by atoms with Crippen molar-refractivity contribution in [3.63, 3.8) is 0 Å². The van der Waals surface area contributed by atoms with Crippen molar-refractivity contribution in [2.24, 2.45) is 5.41 Å². The third-order valence-corrected chi connectivity index (χ3v) is 4.88. The Kier molecular flexibility index (Phi) is 8.50. The van der Waals surface area contributed by atoms with Gasteiger partial charge < -0.3 is 15.4 Å². The molecule has 0 aromatic heterocycles. The Morgan fingerprint density at radius 2 is 1.71 bits per heavy atom. The number of hydrogen-bond donors (Lipinski definition) is 2. The van der Waals surface area contributed by atoms with Crippen LogP contribution in [0.2, 0.25) is 0 Å². The van der Waals surface area contributed by atoms with Gasteiger partial charge in [-0.3, -0.25) is 14.9 Å². The van der Waals surface area contributed by atoms with E-state index in [4.69, 9.17) is 17.0 Å². The van der Waals surface area contributed by atoms with Gasteiger partial charge in [-0.1, -0.05) is 42.5 Å². The topological polar surface area (TPSA) is 93.5 Å². The molecule has 2 N–H and O–H groups in total. The number of nitrogens with one attached hydrogen (secondary N) is 2. The Hall–Kier alpha value is -3.00. The lowest BCUT2D eigenvalue weighted by Crippen LogP contribution is -2.46. The number of hydrogen-bond acceptors (Lipinski definition) is 5. The molecule has 2 atom stereocenters. The number of benzene rings is 2. The van der Waals surface area contributed by atoms with E-state index >= 15 is 0 Å². The fourth-order valence-corrected chi connectivity index (χ4v) is 3.18. The summed E-state index contributed by atoms with van der Waals surface area (Å²) in [4.78, 5) is 22.6. The number of ether oxygens (including phenoxy) is 1. The van der Waals surface area contributed by atoms with Gasteiger partial charge >= 0.3 is 5.97 Å². The second kappa shape index (κ2) is 10.9. The van der Waals surface area contributed by atoms with Crippen molar-refractivity contribution in [2.75, 3.05) is 6.61 Å². The average molecular weight is 444 g/mol. The first-order valence-electron chi connectivity index (χ1n) is 10.1. The lowest BCUT2D eigenvalue weighted by atomic mass is 9.97. The Morgan fingerprint density at radius 1 is 1.10 bits per heavy atom. The molecule has 0 aliphatic heterocycles. The molecule has 0 aliphatic rings. The molecule has 0 saturated carbocycles. The number of nitrogens with zero attached hydrogens (tertiary/aromatic N) is 1. The maximum Gasteiger partial charge on any atom is 0.311 e. The molecule has 2 rings (SSSR count). The number of thiocarbonyl (C=S) groups is 1. The quantitative estimate of drug-likeness (QED) is 0.272. The average Bonchev–Trinajstić information content (AvgIpc) is 2.71. The lowest BCUT2D eigenvalue weighted by Gasteiger charge is -2.25. The summed E-state index contributed by atoms with van der Waals surface area (Å²) < 4.78 is 5.51. The molecule has 2 unspecified atom stereocenters. The highest BCUT2D eigenvalue weighted by Gasteiger charge is 2.24. The van der Waals surface area contributed by atoms with Crippen molar-refractivity contribution in [2.45, 2.75) is 46.2 Å². The SMILES string of the molecule is CC(NC(=S)NC(COC(=O)C(C)(C)C)Cc1ccccc1)c1ccc([N+](=O)[O-])cc1. The van der Waals surface area contributed by atoms with Crippen molar-refractivity contribution < 1.29 is 14.5 Å². The third-order valence-electron chi connectivity index (χ3n) is 4.64. The first-order chi connectivity index (χ1) is 14.6. The molecule has 7 nitrogen and oxygen atoms in total. The van der Waals surface area contributed by atoms with Gasteiger partial charge in [0.05, 0.1) is 22.4 Å². The summed E-state index contributed by atoms with van der Waals surface area (Å²) in [6, 6.07) is 15.9. The van der Waals surface area contributed by atoms with Crippen LogP contribution in [0.4, 0.5) is 5.69 Å². The maximum atomic E-state index is 12.2. The zero-order valence-corrected chi connectivity index (χ0v) is 19.1. The van der Waals surface area contributed by atoms with Gasteiger partial charge in [-0.05, 0) is 57.5 Å². The number of non-ortho nitro benzene ring substituents is 1. The second-order valence-corrected chi connectivity index (χ2v) is 8.83. The van der Waals surface area contributed by atoms with Crippen LogP contribution in [0.5, 0.6) is 0 Å². The van der Waals surface area contributed by atoms with Crippen LogP contribution in [0.25, 0.3) is 0 Å². The predicted octanol–water partition coefficient (Wildman–Crippen LogP) is 4.32. The fourth-order valence-electron chi connectivity index (χ4n) is 2.83. The fraction of sp³-hybridized carbons (Fsp3) is 0.391. The van der Waals surface area contributed by atoms with Crippen molar-refractivity contribution >= 4 is 29.0 Å². The Bertz CT molecular complexity index is 895. The van der Waals surface area contributed by atoms with E-state index in [1.54, 1.807) is 12.1 Å². The van der Waals surface area contributed by atoms with Gasteiger partial charge in [0, 0.05) is 12.1 Å². The molecule has 0 saturated heterocycles. The van der Waals surface area contributed by atoms with Gasteiger partial charge in [0.25, 0.3) is 5.69 Å². The van der Waals surface area contributed by atoms with Gasteiger partial charge in [-0.15, -0.1) is 0 Å². The van der Waals surface area contributed by atoms with Crippen LogP contribution >= 0.6 is 12.2 Å². The molecule has 0 radical (unpaired) electrons. The summed E-state index contributed by atoms with van der Waals surface area (Å²) in [5.41, 5.74) is 1.42. The third kappa shape index (κ3) is 7.97. The van der Waals surface area contributed by atoms with Crippen LogP contribution in [0, 0.1) is 15.5 Å². The normalized spacial score (nSPS) is 13.0. The van der Waals surface area contributed by atoms with E-state index in [9.17, 15) is 14.9 Å². The Morgan fingerprint density at radius 3 is 2.26 bits per heavy atom. The number of esters is 1. The number of carbonyl (C=O) groups is 1. The monoisotopic (exact) mass is 443 g/mol. The number of nitro groups is 1. The smallest absolute Gasteiger partial charge is 0.311 e. The molecular weight excluding hydrogens is 414 g/mol. The van der Waals surface area contributed by atoms with E-state index in [1.807, 2.05) is 58.0 Å². The highest BCUT2D eigenvalue weighted by molar-refractivity contribution is 7.80. The van der Waals surface area contributed by atoms with Gasteiger partial charge in [0.2, 0.25) is 0 Å². The van der Waals surface area contributed by atoms with E-state index in [0.717, 1.165) is 11.1 Å². The van der Waals surface area contributed by atoms with Gasteiger partial charge in [0.1, 0.15) is 6.61 Å². The molecule has 166 valence electrons. The van der Waals surface area contributed by atoms with E-state index < -0.39 is 10.3 Å². The van der Waals surface area contributed by atoms with Crippen LogP contribution < -0.4 is 10.6 Å². The van der Waals surface area contributed by atoms with Gasteiger partial charge in [-0.2, -0.15) is 0 Å². The number of rotatable bonds is 8. The first kappa shape index (κ1) is 24.3. The zero-order valence-electron chi connectivity index (χ0n) is 18.3. The minimum atomic E-state index is -0.583. The van der Waals surface area contributed by atoms with E-state index in [-0.39, 0.29) is 30.3 Å². The van der Waals surface area contributed by atoms with Crippen molar-refractivity contribution in [3.05, 3.63) is 75.8 Å². The van der Waals surface area contributed by atoms with Crippen molar-refractivity contribution in [1.82, 2.24) is 10.6 Å². The highest BCUT2D eigenvalue weighted by atomic mass is 32.1. The number of carbonyl (C=O) groups excluding carboxylic acids is 1. The molecule has 0 heterocycles. The molecule has 0 bridgehead atoms. The standard InChI is InChI=1S/C23H29N3O4S/c1-16(18-10-12-20(13-11-18)26(28)29)24-22(31)25-19(14-17-8-6-5-7-9-17)15-30-21(27)23(2,3)4/h5-13,16,19H,14-15H2,1-4H3,(H2,24,25,31). The molecule has 0 aliphatic carbocycles. The van der Waals surface area contributed by atoms with Crippen LogP contribution in [0.3, 0.4) is 0 Å². The Balaban J connectivity index is 2.01. The van der Waals surface area contributed by atoms with Crippen LogP contribution in [-0.2, 0) is 16.0 Å². The lowest BCUT2D eigenvalue weighted by molar-refractivity contribution is -0.384. The summed E-state index contributed by atoms with van der Waals surface area (Å²) in [7, 11) is 0. The molecule has 8 heteroatoms. The van der Waals surface area contributed by atoms with Crippen molar-refractivity contribution in [3.8, 4) is 0 Å². The summed E-state index contributed by atoms with van der Waals surface area (Å²) in [6.07, 6.45) is 0.631. The van der Waals surface area contributed by atoms with E-state index in [0.29, 0.717) is 11.5 Å².